The molecule has 1 atom stereocenters. The molecule has 0 spiro atoms. The lowest BCUT2D eigenvalue weighted by atomic mass is 10.0. The molecular formula is C12H19N5O3. The molecule has 0 bridgehead atoms. The molecule has 1 aliphatic heterocycles. The van der Waals surface area contributed by atoms with Crippen molar-refractivity contribution in [2.75, 3.05) is 20.2 Å². The molecular weight excluding hydrogens is 262 g/mol. The van der Waals surface area contributed by atoms with Gasteiger partial charge in [-0.3, -0.25) is 14.4 Å². The van der Waals surface area contributed by atoms with E-state index in [1.165, 1.54) is 12.0 Å². The van der Waals surface area contributed by atoms with Crippen molar-refractivity contribution in [3.63, 3.8) is 0 Å². The molecule has 8 nitrogen and oxygen atoms in total. The number of nitrogens with zero attached hydrogens (tertiary/aromatic N) is 4. The smallest absolute Gasteiger partial charge is 0.410 e. The van der Waals surface area contributed by atoms with E-state index in [0.29, 0.717) is 26.1 Å². The first kappa shape index (κ1) is 14.3. The van der Waals surface area contributed by atoms with Gasteiger partial charge in [-0.25, -0.2) is 4.79 Å². The third kappa shape index (κ3) is 3.46. The second-order valence-corrected chi connectivity index (χ2v) is 4.63. The van der Waals surface area contributed by atoms with E-state index in [0.717, 1.165) is 12.8 Å². The summed E-state index contributed by atoms with van der Waals surface area (Å²) in [7, 11) is 1.33. The number of hydrogen-bond acceptors (Lipinski definition) is 5. The van der Waals surface area contributed by atoms with Gasteiger partial charge in [0.1, 0.15) is 6.04 Å². The Bertz CT molecular complexity index is 448. The summed E-state index contributed by atoms with van der Waals surface area (Å²) in [5.41, 5.74) is 0. The fraction of sp³-hybridized carbons (Fsp3) is 0.667. The van der Waals surface area contributed by atoms with E-state index in [9.17, 15) is 9.59 Å². The van der Waals surface area contributed by atoms with Crippen LogP contribution in [-0.4, -0.2) is 58.1 Å². The lowest BCUT2D eigenvalue weighted by Gasteiger charge is -2.33. The normalized spacial score (nSPS) is 18.6. The molecule has 1 aromatic rings. The number of carbonyl (C=O) groups excluding carboxylic acids is 2. The van der Waals surface area contributed by atoms with Crippen LogP contribution in [0.3, 0.4) is 0 Å². The highest BCUT2D eigenvalue weighted by Gasteiger charge is 2.32. The van der Waals surface area contributed by atoms with Gasteiger partial charge in [-0.1, -0.05) is 5.21 Å². The average Bonchev–Trinajstić information content (AvgIpc) is 2.99. The van der Waals surface area contributed by atoms with Crippen LogP contribution in [0, 0.1) is 0 Å². The molecule has 8 heteroatoms. The Morgan fingerprint density at radius 3 is 3.00 bits per heavy atom. The van der Waals surface area contributed by atoms with Gasteiger partial charge in [0.05, 0.1) is 19.9 Å². The van der Waals surface area contributed by atoms with Crippen LogP contribution in [0.2, 0.25) is 0 Å². The number of aromatic nitrogens is 3. The predicted molar refractivity (Wildman–Crippen MR) is 69.8 cm³/mol. The van der Waals surface area contributed by atoms with Gasteiger partial charge in [0.15, 0.2) is 0 Å². The van der Waals surface area contributed by atoms with Gasteiger partial charge < -0.3 is 10.1 Å². The van der Waals surface area contributed by atoms with Crippen molar-refractivity contribution in [2.45, 2.75) is 31.8 Å². The number of hydrogen-bond donors (Lipinski definition) is 1. The number of rotatable bonds is 4. The molecule has 2 rings (SSSR count). The summed E-state index contributed by atoms with van der Waals surface area (Å²) in [5, 5.41) is 10.3. The number of likely N-dealkylation sites (tertiary alicyclic amines) is 1. The third-order valence-electron chi connectivity index (χ3n) is 3.33. The summed E-state index contributed by atoms with van der Waals surface area (Å²) in [5.74, 6) is -0.143. The summed E-state index contributed by atoms with van der Waals surface area (Å²) >= 11 is 0. The zero-order chi connectivity index (χ0) is 14.4. The molecule has 1 aliphatic rings. The fourth-order valence-electron chi connectivity index (χ4n) is 2.30. The minimum atomic E-state index is -0.443. The number of piperidine rings is 1. The van der Waals surface area contributed by atoms with Crippen molar-refractivity contribution in [2.24, 2.45) is 0 Å². The Hall–Kier alpha value is -2.12. The average molecular weight is 281 g/mol. The fourth-order valence-corrected chi connectivity index (χ4v) is 2.30. The van der Waals surface area contributed by atoms with Crippen LogP contribution in [0.4, 0.5) is 4.79 Å². The van der Waals surface area contributed by atoms with Gasteiger partial charge in [-0.2, -0.15) is 0 Å². The van der Waals surface area contributed by atoms with Crippen LogP contribution >= 0.6 is 0 Å². The van der Waals surface area contributed by atoms with Crippen LogP contribution in [0.1, 0.15) is 19.3 Å². The second kappa shape index (κ2) is 6.88. The summed E-state index contributed by atoms with van der Waals surface area (Å²) in [6.07, 6.45) is 5.38. The van der Waals surface area contributed by atoms with Crippen LogP contribution in [-0.2, 0) is 16.1 Å². The summed E-state index contributed by atoms with van der Waals surface area (Å²) in [6, 6.07) is -0.438. The SMILES string of the molecule is COC(=O)N1CCCC[C@H]1C(=O)NCCn1ccnn1. The lowest BCUT2D eigenvalue weighted by Crippen LogP contribution is -2.52. The highest BCUT2D eigenvalue weighted by atomic mass is 16.5. The molecule has 110 valence electrons. The molecule has 0 unspecified atom stereocenters. The largest absolute Gasteiger partial charge is 0.453 e. The Morgan fingerprint density at radius 2 is 2.30 bits per heavy atom. The van der Waals surface area contributed by atoms with Crippen LogP contribution in [0.5, 0.6) is 0 Å². The lowest BCUT2D eigenvalue weighted by molar-refractivity contribution is -0.127. The molecule has 1 saturated heterocycles. The third-order valence-corrected chi connectivity index (χ3v) is 3.33. The summed E-state index contributed by atoms with van der Waals surface area (Å²) in [4.78, 5) is 25.3. The highest BCUT2D eigenvalue weighted by Crippen LogP contribution is 2.17. The quantitative estimate of drug-likeness (QED) is 0.840. The highest BCUT2D eigenvalue weighted by molar-refractivity contribution is 5.85. The number of nitrogens with one attached hydrogen (secondary N) is 1. The maximum Gasteiger partial charge on any atom is 0.410 e. The van der Waals surface area contributed by atoms with Crippen LogP contribution in [0.15, 0.2) is 12.4 Å². The van der Waals surface area contributed by atoms with Crippen molar-refractivity contribution in [3.05, 3.63) is 12.4 Å². The van der Waals surface area contributed by atoms with Crippen molar-refractivity contribution in [1.82, 2.24) is 25.2 Å². The Balaban J connectivity index is 1.84. The van der Waals surface area contributed by atoms with Crippen LogP contribution < -0.4 is 5.32 Å². The summed E-state index contributed by atoms with van der Waals surface area (Å²) in [6.45, 7) is 1.57. The van der Waals surface area contributed by atoms with Gasteiger partial charge in [-0.15, -0.1) is 5.10 Å². The molecule has 0 aromatic carbocycles. The predicted octanol–water partition coefficient (Wildman–Crippen LogP) is 0.0152. The molecule has 0 aliphatic carbocycles. The molecule has 1 aromatic heterocycles. The van der Waals surface area contributed by atoms with E-state index in [1.54, 1.807) is 17.1 Å². The molecule has 0 saturated carbocycles. The number of ether oxygens (including phenoxy) is 1. The first-order valence-corrected chi connectivity index (χ1v) is 6.69. The first-order valence-electron chi connectivity index (χ1n) is 6.69. The zero-order valence-electron chi connectivity index (χ0n) is 11.5. The Morgan fingerprint density at radius 1 is 1.45 bits per heavy atom. The molecule has 20 heavy (non-hydrogen) atoms. The topological polar surface area (TPSA) is 89.4 Å². The standard InChI is InChI=1S/C12H19N5O3/c1-20-12(19)17-7-3-2-4-10(17)11(18)13-5-8-16-9-6-14-15-16/h6,9-10H,2-5,7-8H2,1H3,(H,13,18)/t10-/m0/s1. The van der Waals surface area contributed by atoms with Gasteiger partial charge in [0, 0.05) is 19.3 Å². The van der Waals surface area contributed by atoms with E-state index in [2.05, 4.69) is 15.6 Å². The van der Waals surface area contributed by atoms with Crippen molar-refractivity contribution in [3.8, 4) is 0 Å². The monoisotopic (exact) mass is 281 g/mol. The van der Waals surface area contributed by atoms with Gasteiger partial charge in [0.2, 0.25) is 5.91 Å². The van der Waals surface area contributed by atoms with Gasteiger partial charge in [-0.05, 0) is 19.3 Å². The van der Waals surface area contributed by atoms with Gasteiger partial charge in [0.25, 0.3) is 0 Å². The Kier molecular flexibility index (Phi) is 4.91. The number of amides is 2. The number of carbonyl (C=O) groups is 2. The van der Waals surface area contributed by atoms with E-state index < -0.39 is 12.1 Å². The van der Waals surface area contributed by atoms with E-state index in [-0.39, 0.29) is 5.91 Å². The maximum atomic E-state index is 12.2. The van der Waals surface area contributed by atoms with E-state index in [1.807, 2.05) is 0 Å². The molecule has 1 N–H and O–H groups in total. The maximum absolute atomic E-state index is 12.2. The molecule has 0 radical (unpaired) electrons. The zero-order valence-corrected chi connectivity index (χ0v) is 11.5. The van der Waals surface area contributed by atoms with Gasteiger partial charge >= 0.3 is 6.09 Å². The molecule has 2 heterocycles. The molecule has 1 fully saturated rings. The molecule has 2 amide bonds. The second-order valence-electron chi connectivity index (χ2n) is 4.63. The van der Waals surface area contributed by atoms with E-state index >= 15 is 0 Å². The van der Waals surface area contributed by atoms with Crippen molar-refractivity contribution < 1.29 is 14.3 Å². The van der Waals surface area contributed by atoms with Crippen LogP contribution in [0.25, 0.3) is 0 Å². The van der Waals surface area contributed by atoms with Crippen molar-refractivity contribution >= 4 is 12.0 Å². The summed E-state index contributed by atoms with van der Waals surface area (Å²) < 4.78 is 6.36. The van der Waals surface area contributed by atoms with E-state index in [4.69, 9.17) is 4.74 Å². The first-order chi connectivity index (χ1) is 9.72. The van der Waals surface area contributed by atoms with Crippen molar-refractivity contribution in [1.29, 1.82) is 0 Å². The Labute approximate surface area is 117 Å². The minimum Gasteiger partial charge on any atom is -0.453 e. The number of methoxy groups -OCH3 is 1. The minimum absolute atomic E-state index is 0.143.